The Balaban J connectivity index is 1.58. The summed E-state index contributed by atoms with van der Waals surface area (Å²) >= 11 is 0. The Bertz CT molecular complexity index is 672. The number of pyridine rings is 1. The summed E-state index contributed by atoms with van der Waals surface area (Å²) in [4.78, 5) is 15.5. The largest absolute Gasteiger partial charge is 0.356 e. The molecule has 128 valence electrons. The summed E-state index contributed by atoms with van der Waals surface area (Å²) < 4.78 is 0. The normalized spacial score (nSPS) is 17.1. The SMILES string of the molecule is Cc1cc(N2CCC(NC(C)c3ccncc3C)CC2)nc(C)n1. The lowest BCUT2D eigenvalue weighted by molar-refractivity contribution is 0.379. The summed E-state index contributed by atoms with van der Waals surface area (Å²) in [6.45, 7) is 10.4. The first-order chi connectivity index (χ1) is 11.5. The van der Waals surface area contributed by atoms with Gasteiger partial charge in [0.15, 0.2) is 0 Å². The maximum Gasteiger partial charge on any atom is 0.132 e. The van der Waals surface area contributed by atoms with Crippen LogP contribution < -0.4 is 10.2 Å². The van der Waals surface area contributed by atoms with Gasteiger partial charge in [0.2, 0.25) is 0 Å². The van der Waals surface area contributed by atoms with Crippen molar-refractivity contribution in [3.05, 3.63) is 47.2 Å². The molecule has 1 fully saturated rings. The Morgan fingerprint density at radius 2 is 1.92 bits per heavy atom. The molecular formula is C19H27N5. The maximum atomic E-state index is 4.59. The van der Waals surface area contributed by atoms with E-state index in [-0.39, 0.29) is 0 Å². The molecule has 2 aromatic rings. The highest BCUT2D eigenvalue weighted by molar-refractivity contribution is 5.40. The third-order valence-electron chi connectivity index (χ3n) is 4.79. The summed E-state index contributed by atoms with van der Waals surface area (Å²) in [5, 5.41) is 3.78. The molecule has 5 heteroatoms. The van der Waals surface area contributed by atoms with Gasteiger partial charge in [-0.15, -0.1) is 0 Å². The van der Waals surface area contributed by atoms with E-state index in [1.165, 1.54) is 11.1 Å². The second kappa shape index (κ2) is 7.26. The van der Waals surface area contributed by atoms with Gasteiger partial charge in [-0.05, 0) is 57.7 Å². The highest BCUT2D eigenvalue weighted by Gasteiger charge is 2.22. The average Bonchev–Trinajstić information content (AvgIpc) is 2.55. The molecule has 1 N–H and O–H groups in total. The van der Waals surface area contributed by atoms with E-state index in [2.05, 4.69) is 51.1 Å². The number of aryl methyl sites for hydroxylation is 3. The molecule has 1 aliphatic heterocycles. The molecule has 0 amide bonds. The van der Waals surface area contributed by atoms with Crippen LogP contribution in [-0.4, -0.2) is 34.1 Å². The van der Waals surface area contributed by atoms with Gasteiger partial charge in [0.05, 0.1) is 0 Å². The molecule has 1 saturated heterocycles. The van der Waals surface area contributed by atoms with Crippen molar-refractivity contribution in [2.24, 2.45) is 0 Å². The predicted octanol–water partition coefficient (Wildman–Crippen LogP) is 3.12. The molecule has 2 aromatic heterocycles. The van der Waals surface area contributed by atoms with Crippen LogP contribution in [0.15, 0.2) is 24.5 Å². The second-order valence-corrected chi connectivity index (χ2v) is 6.80. The second-order valence-electron chi connectivity index (χ2n) is 6.80. The van der Waals surface area contributed by atoms with Crippen LogP contribution in [0.4, 0.5) is 5.82 Å². The fourth-order valence-corrected chi connectivity index (χ4v) is 3.55. The molecule has 0 aliphatic carbocycles. The lowest BCUT2D eigenvalue weighted by atomic mass is 10.00. The van der Waals surface area contributed by atoms with Crippen molar-refractivity contribution in [3.63, 3.8) is 0 Å². The van der Waals surface area contributed by atoms with Gasteiger partial charge in [-0.25, -0.2) is 9.97 Å². The molecule has 3 rings (SSSR count). The van der Waals surface area contributed by atoms with Crippen LogP contribution >= 0.6 is 0 Å². The minimum absolute atomic E-state index is 0.355. The van der Waals surface area contributed by atoms with E-state index in [0.717, 1.165) is 43.3 Å². The van der Waals surface area contributed by atoms with Gasteiger partial charge in [-0.3, -0.25) is 4.98 Å². The topological polar surface area (TPSA) is 53.9 Å². The highest BCUT2D eigenvalue weighted by Crippen LogP contribution is 2.22. The molecule has 0 radical (unpaired) electrons. The molecule has 24 heavy (non-hydrogen) atoms. The van der Waals surface area contributed by atoms with Crippen LogP contribution in [0.25, 0.3) is 0 Å². The zero-order chi connectivity index (χ0) is 17.1. The minimum Gasteiger partial charge on any atom is -0.356 e. The van der Waals surface area contributed by atoms with Crippen molar-refractivity contribution in [1.82, 2.24) is 20.3 Å². The third kappa shape index (κ3) is 3.90. The van der Waals surface area contributed by atoms with E-state index >= 15 is 0 Å². The number of nitrogens with one attached hydrogen (secondary N) is 1. The zero-order valence-corrected chi connectivity index (χ0v) is 15.1. The Hall–Kier alpha value is -2.01. The van der Waals surface area contributed by atoms with Crippen LogP contribution in [0.2, 0.25) is 0 Å². The number of piperidine rings is 1. The van der Waals surface area contributed by atoms with E-state index in [1.807, 2.05) is 26.2 Å². The summed E-state index contributed by atoms with van der Waals surface area (Å²) in [6, 6.07) is 5.11. The number of aromatic nitrogens is 3. The van der Waals surface area contributed by atoms with E-state index in [4.69, 9.17) is 0 Å². The fraction of sp³-hybridized carbons (Fsp3) is 0.526. The van der Waals surface area contributed by atoms with Crippen molar-refractivity contribution in [2.45, 2.75) is 52.6 Å². The van der Waals surface area contributed by atoms with E-state index in [0.29, 0.717) is 12.1 Å². The Kier molecular flexibility index (Phi) is 5.09. The van der Waals surface area contributed by atoms with Crippen LogP contribution in [0.5, 0.6) is 0 Å². The van der Waals surface area contributed by atoms with Crippen LogP contribution in [0, 0.1) is 20.8 Å². The van der Waals surface area contributed by atoms with Gasteiger partial charge in [0.25, 0.3) is 0 Å². The number of rotatable bonds is 4. The first kappa shape index (κ1) is 16.8. The molecule has 0 saturated carbocycles. The zero-order valence-electron chi connectivity index (χ0n) is 15.1. The van der Waals surface area contributed by atoms with Crippen molar-refractivity contribution in [2.75, 3.05) is 18.0 Å². The molecule has 1 unspecified atom stereocenters. The van der Waals surface area contributed by atoms with Crippen molar-refractivity contribution >= 4 is 5.82 Å². The van der Waals surface area contributed by atoms with Gasteiger partial charge in [0.1, 0.15) is 11.6 Å². The third-order valence-corrected chi connectivity index (χ3v) is 4.79. The van der Waals surface area contributed by atoms with Gasteiger partial charge >= 0.3 is 0 Å². The van der Waals surface area contributed by atoms with Crippen LogP contribution in [0.3, 0.4) is 0 Å². The van der Waals surface area contributed by atoms with Crippen molar-refractivity contribution < 1.29 is 0 Å². The molecule has 5 nitrogen and oxygen atoms in total. The number of anilines is 1. The number of hydrogen-bond acceptors (Lipinski definition) is 5. The number of nitrogens with zero attached hydrogens (tertiary/aromatic N) is 4. The molecule has 1 aliphatic rings. The quantitative estimate of drug-likeness (QED) is 0.936. The predicted molar refractivity (Wildman–Crippen MR) is 97.3 cm³/mol. The lowest BCUT2D eigenvalue weighted by Gasteiger charge is -2.35. The Labute approximate surface area is 144 Å². The smallest absolute Gasteiger partial charge is 0.132 e. The first-order valence-electron chi connectivity index (χ1n) is 8.76. The van der Waals surface area contributed by atoms with Gasteiger partial charge < -0.3 is 10.2 Å². The summed E-state index contributed by atoms with van der Waals surface area (Å²) in [7, 11) is 0. The van der Waals surface area contributed by atoms with Gasteiger partial charge in [0, 0.05) is 49.3 Å². The highest BCUT2D eigenvalue weighted by atomic mass is 15.2. The van der Waals surface area contributed by atoms with E-state index in [9.17, 15) is 0 Å². The summed E-state index contributed by atoms with van der Waals surface area (Å²) in [5.41, 5.74) is 3.64. The minimum atomic E-state index is 0.355. The van der Waals surface area contributed by atoms with Crippen molar-refractivity contribution in [3.8, 4) is 0 Å². The molecular weight excluding hydrogens is 298 g/mol. The first-order valence-corrected chi connectivity index (χ1v) is 8.76. The fourth-order valence-electron chi connectivity index (χ4n) is 3.55. The Morgan fingerprint density at radius 3 is 2.58 bits per heavy atom. The molecule has 0 bridgehead atoms. The van der Waals surface area contributed by atoms with E-state index in [1.54, 1.807) is 0 Å². The van der Waals surface area contributed by atoms with Crippen molar-refractivity contribution in [1.29, 1.82) is 0 Å². The van der Waals surface area contributed by atoms with Gasteiger partial charge in [-0.1, -0.05) is 0 Å². The molecule has 0 aromatic carbocycles. The lowest BCUT2D eigenvalue weighted by Crippen LogP contribution is -2.43. The molecule has 3 heterocycles. The monoisotopic (exact) mass is 325 g/mol. The standard InChI is InChI=1S/C19H27N5/c1-13-12-20-8-5-18(13)15(3)22-17-6-9-24(10-7-17)19-11-14(2)21-16(4)23-19/h5,8,11-12,15,17,22H,6-7,9-10H2,1-4H3. The van der Waals surface area contributed by atoms with Crippen LogP contribution in [-0.2, 0) is 0 Å². The molecule has 1 atom stereocenters. The number of hydrogen-bond donors (Lipinski definition) is 1. The van der Waals surface area contributed by atoms with Crippen LogP contribution in [0.1, 0.15) is 48.5 Å². The maximum absolute atomic E-state index is 4.59. The van der Waals surface area contributed by atoms with E-state index < -0.39 is 0 Å². The summed E-state index contributed by atoms with van der Waals surface area (Å²) in [6.07, 6.45) is 6.09. The Morgan fingerprint density at radius 1 is 1.17 bits per heavy atom. The molecule has 0 spiro atoms. The van der Waals surface area contributed by atoms with Gasteiger partial charge in [-0.2, -0.15) is 0 Å². The summed E-state index contributed by atoms with van der Waals surface area (Å²) in [5.74, 6) is 1.92. The average molecular weight is 325 g/mol.